The topological polar surface area (TPSA) is 52.6 Å². The van der Waals surface area contributed by atoms with Gasteiger partial charge < -0.3 is 15.5 Å². The van der Waals surface area contributed by atoms with Crippen molar-refractivity contribution in [2.45, 2.75) is 13.0 Å². The maximum Gasteiger partial charge on any atom is 0.191 e. The van der Waals surface area contributed by atoms with Crippen molar-refractivity contribution in [1.82, 2.24) is 15.6 Å². The van der Waals surface area contributed by atoms with Gasteiger partial charge in [-0.1, -0.05) is 30.3 Å². The van der Waals surface area contributed by atoms with Crippen LogP contribution in [0, 0.1) is 0 Å². The second-order valence-electron chi connectivity index (χ2n) is 5.10. The Kier molecular flexibility index (Phi) is 8.93. The van der Waals surface area contributed by atoms with E-state index in [2.05, 4.69) is 50.3 Å². The maximum absolute atomic E-state index is 4.54. The second-order valence-corrected chi connectivity index (χ2v) is 5.94. The lowest BCUT2D eigenvalue weighted by Crippen LogP contribution is -2.37. The molecular formula is C16H24IN5S. The van der Waals surface area contributed by atoms with E-state index in [0.29, 0.717) is 6.54 Å². The molecule has 126 valence electrons. The lowest BCUT2D eigenvalue weighted by molar-refractivity contribution is 0.786. The minimum atomic E-state index is 0. The van der Waals surface area contributed by atoms with Crippen molar-refractivity contribution in [3.63, 3.8) is 0 Å². The molecule has 5 nitrogen and oxygen atoms in total. The molecule has 0 bridgehead atoms. The molecule has 0 aliphatic carbocycles. The first kappa shape index (κ1) is 19.7. The molecule has 0 aliphatic heterocycles. The molecule has 0 saturated heterocycles. The fourth-order valence-electron chi connectivity index (χ4n) is 1.95. The summed E-state index contributed by atoms with van der Waals surface area (Å²) in [5.74, 6) is 0.801. The number of thiazole rings is 1. The van der Waals surface area contributed by atoms with E-state index in [1.165, 1.54) is 5.56 Å². The first-order valence-electron chi connectivity index (χ1n) is 7.29. The molecule has 0 radical (unpaired) electrons. The smallest absolute Gasteiger partial charge is 0.191 e. The van der Waals surface area contributed by atoms with Crippen LogP contribution in [0.5, 0.6) is 0 Å². The zero-order chi connectivity index (χ0) is 15.8. The van der Waals surface area contributed by atoms with Gasteiger partial charge in [0.15, 0.2) is 11.1 Å². The maximum atomic E-state index is 4.54. The van der Waals surface area contributed by atoms with E-state index in [1.54, 1.807) is 18.4 Å². The van der Waals surface area contributed by atoms with Gasteiger partial charge in [-0.15, -0.1) is 35.3 Å². The summed E-state index contributed by atoms with van der Waals surface area (Å²) in [6, 6.07) is 10.4. The molecule has 0 atom stereocenters. The van der Waals surface area contributed by atoms with Gasteiger partial charge in [-0.2, -0.15) is 0 Å². The van der Waals surface area contributed by atoms with Gasteiger partial charge in [0.25, 0.3) is 0 Å². The van der Waals surface area contributed by atoms with Crippen LogP contribution in [0.4, 0.5) is 5.13 Å². The van der Waals surface area contributed by atoms with E-state index >= 15 is 0 Å². The summed E-state index contributed by atoms with van der Waals surface area (Å²) in [6.45, 7) is 1.53. The van der Waals surface area contributed by atoms with Crippen LogP contribution in [-0.2, 0) is 13.0 Å². The summed E-state index contributed by atoms with van der Waals surface area (Å²) in [5, 5.41) is 9.70. The number of rotatable bonds is 6. The average molecular weight is 445 g/mol. The first-order valence-corrected chi connectivity index (χ1v) is 8.17. The van der Waals surface area contributed by atoms with Crippen molar-refractivity contribution in [2.24, 2.45) is 4.99 Å². The lowest BCUT2D eigenvalue weighted by Gasteiger charge is -2.11. The minimum absolute atomic E-state index is 0. The van der Waals surface area contributed by atoms with Gasteiger partial charge in [-0.05, 0) is 12.0 Å². The zero-order valence-corrected chi connectivity index (χ0v) is 16.9. The molecule has 1 aromatic carbocycles. The highest BCUT2D eigenvalue weighted by atomic mass is 127. The van der Waals surface area contributed by atoms with E-state index in [-0.39, 0.29) is 24.0 Å². The standard InChI is InChI=1S/C16H23N5S.HI/c1-17-15(18-10-9-13-7-5-4-6-8-13)19-11-14-12-22-16(20-14)21(2)3;/h4-8,12H,9-11H2,1-3H3,(H2,17,18,19);1H. The third kappa shape index (κ3) is 6.74. The number of aliphatic imine (C=N–C) groups is 1. The number of hydrogen-bond donors (Lipinski definition) is 2. The molecule has 2 aromatic rings. The van der Waals surface area contributed by atoms with Gasteiger partial charge in [0, 0.05) is 33.1 Å². The number of benzene rings is 1. The number of nitrogens with zero attached hydrogens (tertiary/aromatic N) is 3. The van der Waals surface area contributed by atoms with Gasteiger partial charge in [-0.3, -0.25) is 4.99 Å². The van der Waals surface area contributed by atoms with Crippen LogP contribution in [0.15, 0.2) is 40.7 Å². The molecule has 2 rings (SSSR count). The van der Waals surface area contributed by atoms with Crippen molar-refractivity contribution in [2.75, 3.05) is 32.6 Å². The van der Waals surface area contributed by atoms with Crippen molar-refractivity contribution < 1.29 is 0 Å². The van der Waals surface area contributed by atoms with E-state index in [9.17, 15) is 0 Å². The lowest BCUT2D eigenvalue weighted by atomic mass is 10.1. The Balaban J connectivity index is 0.00000264. The number of aromatic nitrogens is 1. The summed E-state index contributed by atoms with van der Waals surface area (Å²) in [4.78, 5) is 10.8. The van der Waals surface area contributed by atoms with Crippen LogP contribution in [-0.4, -0.2) is 38.6 Å². The monoisotopic (exact) mass is 445 g/mol. The Morgan fingerprint density at radius 3 is 2.57 bits per heavy atom. The molecule has 1 aromatic heterocycles. The van der Waals surface area contributed by atoms with E-state index in [0.717, 1.165) is 29.8 Å². The van der Waals surface area contributed by atoms with Crippen molar-refractivity contribution in [3.05, 3.63) is 47.0 Å². The van der Waals surface area contributed by atoms with Gasteiger partial charge in [0.2, 0.25) is 0 Å². The summed E-state index contributed by atoms with van der Waals surface area (Å²) in [7, 11) is 5.78. The summed E-state index contributed by atoms with van der Waals surface area (Å²) >= 11 is 1.65. The summed E-state index contributed by atoms with van der Waals surface area (Å²) < 4.78 is 0. The quantitative estimate of drug-likeness (QED) is 0.408. The van der Waals surface area contributed by atoms with Crippen LogP contribution in [0.3, 0.4) is 0 Å². The molecule has 0 spiro atoms. The third-order valence-electron chi connectivity index (χ3n) is 3.13. The molecule has 0 aliphatic rings. The summed E-state index contributed by atoms with van der Waals surface area (Å²) in [6.07, 6.45) is 0.975. The Bertz CT molecular complexity index is 598. The van der Waals surface area contributed by atoms with Gasteiger partial charge in [-0.25, -0.2) is 4.98 Å². The molecule has 0 amide bonds. The van der Waals surface area contributed by atoms with Crippen molar-refractivity contribution in [1.29, 1.82) is 0 Å². The van der Waals surface area contributed by atoms with E-state index < -0.39 is 0 Å². The van der Waals surface area contributed by atoms with Crippen LogP contribution in [0.2, 0.25) is 0 Å². The van der Waals surface area contributed by atoms with Crippen LogP contribution >= 0.6 is 35.3 Å². The van der Waals surface area contributed by atoms with Gasteiger partial charge >= 0.3 is 0 Å². The number of hydrogen-bond acceptors (Lipinski definition) is 4. The predicted octanol–water partition coefficient (Wildman–Crippen LogP) is 2.73. The highest BCUT2D eigenvalue weighted by Crippen LogP contribution is 2.17. The number of anilines is 1. The van der Waals surface area contributed by atoms with Crippen LogP contribution in [0.1, 0.15) is 11.3 Å². The number of guanidine groups is 1. The Labute approximate surface area is 159 Å². The highest BCUT2D eigenvalue weighted by Gasteiger charge is 2.04. The molecule has 0 fully saturated rings. The van der Waals surface area contributed by atoms with Crippen molar-refractivity contribution >= 4 is 46.4 Å². The SMILES string of the molecule is CN=C(NCCc1ccccc1)NCc1csc(N(C)C)n1.I. The highest BCUT2D eigenvalue weighted by molar-refractivity contribution is 14.0. The van der Waals surface area contributed by atoms with Gasteiger partial charge in [0.05, 0.1) is 12.2 Å². The second kappa shape index (κ2) is 10.4. The normalized spacial score (nSPS) is 10.8. The van der Waals surface area contributed by atoms with Crippen LogP contribution < -0.4 is 15.5 Å². The zero-order valence-electron chi connectivity index (χ0n) is 13.7. The van der Waals surface area contributed by atoms with E-state index in [4.69, 9.17) is 0 Å². The summed E-state index contributed by atoms with van der Waals surface area (Å²) in [5.41, 5.74) is 2.35. The molecule has 7 heteroatoms. The Morgan fingerprint density at radius 2 is 1.96 bits per heavy atom. The Morgan fingerprint density at radius 1 is 1.22 bits per heavy atom. The molecule has 1 heterocycles. The molecule has 23 heavy (non-hydrogen) atoms. The van der Waals surface area contributed by atoms with Crippen molar-refractivity contribution in [3.8, 4) is 0 Å². The number of nitrogens with one attached hydrogen (secondary N) is 2. The molecule has 2 N–H and O–H groups in total. The molecule has 0 saturated carbocycles. The molecule has 0 unspecified atom stereocenters. The van der Waals surface area contributed by atoms with Gasteiger partial charge in [0.1, 0.15) is 0 Å². The first-order chi connectivity index (χ1) is 10.7. The molecular weight excluding hydrogens is 421 g/mol. The Hall–Kier alpha value is -1.35. The fraction of sp³-hybridized carbons (Fsp3) is 0.375. The third-order valence-corrected chi connectivity index (χ3v) is 4.19. The minimum Gasteiger partial charge on any atom is -0.356 e. The van der Waals surface area contributed by atoms with E-state index in [1.807, 2.05) is 25.1 Å². The van der Waals surface area contributed by atoms with Crippen LogP contribution in [0.25, 0.3) is 0 Å². The number of halogens is 1. The largest absolute Gasteiger partial charge is 0.356 e. The fourth-order valence-corrected chi connectivity index (χ4v) is 2.71. The average Bonchev–Trinajstić information content (AvgIpc) is 3.01. The predicted molar refractivity (Wildman–Crippen MR) is 110 cm³/mol.